The van der Waals surface area contributed by atoms with E-state index in [4.69, 9.17) is 16.3 Å². The summed E-state index contributed by atoms with van der Waals surface area (Å²) in [6.45, 7) is 2.22. The predicted octanol–water partition coefficient (Wildman–Crippen LogP) is 3.94. The van der Waals surface area contributed by atoms with Crippen molar-refractivity contribution in [2.75, 3.05) is 25.1 Å². The van der Waals surface area contributed by atoms with Gasteiger partial charge >= 0.3 is 0 Å². The fourth-order valence-electron chi connectivity index (χ4n) is 3.87. The number of rotatable bonds is 4. The lowest BCUT2D eigenvalue weighted by Gasteiger charge is -2.17. The number of imidazole rings is 1. The van der Waals surface area contributed by atoms with Crippen molar-refractivity contribution in [1.82, 2.24) is 9.38 Å². The number of phenolic OH excluding ortho intramolecular Hbond substituents is 1. The maximum Gasteiger partial charge on any atom is 0.274 e. The normalized spacial score (nSPS) is 14.6. The number of phenols is 1. The Morgan fingerprint density at radius 1 is 1.19 bits per heavy atom. The van der Waals surface area contributed by atoms with Crippen LogP contribution in [-0.2, 0) is 0 Å². The largest absolute Gasteiger partial charge is 0.503 e. The van der Waals surface area contributed by atoms with Crippen molar-refractivity contribution in [3.8, 4) is 22.8 Å². The van der Waals surface area contributed by atoms with Crippen molar-refractivity contribution in [2.24, 2.45) is 0 Å². The second-order valence-electron chi connectivity index (χ2n) is 7.49. The van der Waals surface area contributed by atoms with Crippen LogP contribution in [-0.4, -0.2) is 34.7 Å². The molecule has 1 aliphatic rings. The van der Waals surface area contributed by atoms with E-state index in [0.29, 0.717) is 15.1 Å². The Hall–Kier alpha value is -3.03. The lowest BCUT2D eigenvalue weighted by molar-refractivity contribution is 0.373. The van der Waals surface area contributed by atoms with Crippen molar-refractivity contribution in [3.05, 3.63) is 68.1 Å². The molecule has 2 aromatic heterocycles. The molecule has 0 saturated carbocycles. The third-order valence-corrected chi connectivity index (χ3v) is 6.78. The standard InChI is InChI=1S/C23H20ClN3O3S/c1-30-19-11-14(10-17(24)21(19)28)12-20-22(29)27-13-18(25-23(27)31-20)15-4-6-16(7-5-15)26-8-2-3-9-26/h4-7,10-13,28H,2-3,8-9H2,1H3/b20-12-. The second kappa shape index (κ2) is 7.90. The summed E-state index contributed by atoms with van der Waals surface area (Å²) in [7, 11) is 1.45. The van der Waals surface area contributed by atoms with E-state index in [0.717, 1.165) is 24.3 Å². The molecule has 0 spiro atoms. The first-order chi connectivity index (χ1) is 15.0. The van der Waals surface area contributed by atoms with Gasteiger partial charge in [0.2, 0.25) is 0 Å². The van der Waals surface area contributed by atoms with Crippen LogP contribution in [0, 0.1) is 0 Å². The predicted molar refractivity (Wildman–Crippen MR) is 125 cm³/mol. The summed E-state index contributed by atoms with van der Waals surface area (Å²) in [6, 6.07) is 11.6. The zero-order valence-corrected chi connectivity index (χ0v) is 18.4. The summed E-state index contributed by atoms with van der Waals surface area (Å²) >= 11 is 7.37. The van der Waals surface area contributed by atoms with E-state index in [2.05, 4.69) is 34.1 Å². The molecule has 5 rings (SSSR count). The highest BCUT2D eigenvalue weighted by Crippen LogP contribution is 2.35. The van der Waals surface area contributed by atoms with Gasteiger partial charge in [0.15, 0.2) is 16.5 Å². The van der Waals surface area contributed by atoms with Crippen molar-refractivity contribution in [2.45, 2.75) is 12.8 Å². The summed E-state index contributed by atoms with van der Waals surface area (Å²) in [4.78, 5) is 20.6. The quantitative estimate of drug-likeness (QED) is 0.507. The molecule has 1 saturated heterocycles. The minimum absolute atomic E-state index is 0.120. The molecular weight excluding hydrogens is 434 g/mol. The minimum atomic E-state index is -0.143. The highest BCUT2D eigenvalue weighted by molar-refractivity contribution is 7.15. The summed E-state index contributed by atoms with van der Waals surface area (Å²) in [5, 5.41) is 10.1. The van der Waals surface area contributed by atoms with Crippen LogP contribution in [0.25, 0.3) is 22.3 Å². The topological polar surface area (TPSA) is 67.1 Å². The van der Waals surface area contributed by atoms with Gasteiger partial charge in [0.25, 0.3) is 5.56 Å². The van der Waals surface area contributed by atoms with Gasteiger partial charge in [-0.25, -0.2) is 4.98 Å². The number of aromatic hydroxyl groups is 1. The van der Waals surface area contributed by atoms with Crippen LogP contribution in [0.5, 0.6) is 11.5 Å². The Morgan fingerprint density at radius 3 is 2.61 bits per heavy atom. The van der Waals surface area contributed by atoms with Gasteiger partial charge in [0.05, 0.1) is 22.4 Å². The number of hydrogen-bond acceptors (Lipinski definition) is 6. The van der Waals surface area contributed by atoms with Crippen molar-refractivity contribution in [3.63, 3.8) is 0 Å². The first kappa shape index (κ1) is 19.9. The first-order valence-corrected chi connectivity index (χ1v) is 11.2. The van der Waals surface area contributed by atoms with Gasteiger partial charge in [-0.1, -0.05) is 35.1 Å². The third kappa shape index (κ3) is 3.64. The molecule has 0 radical (unpaired) electrons. The van der Waals surface area contributed by atoms with Crippen LogP contribution < -0.4 is 19.7 Å². The van der Waals surface area contributed by atoms with Crippen LogP contribution in [0.3, 0.4) is 0 Å². The maximum absolute atomic E-state index is 12.9. The van der Waals surface area contributed by atoms with Crippen LogP contribution in [0.2, 0.25) is 5.02 Å². The Balaban J connectivity index is 1.49. The van der Waals surface area contributed by atoms with Crippen molar-refractivity contribution < 1.29 is 9.84 Å². The van der Waals surface area contributed by atoms with E-state index in [1.165, 1.54) is 37.0 Å². The van der Waals surface area contributed by atoms with Crippen molar-refractivity contribution >= 4 is 39.7 Å². The van der Waals surface area contributed by atoms with Gasteiger partial charge in [-0.15, -0.1) is 0 Å². The monoisotopic (exact) mass is 453 g/mol. The second-order valence-corrected chi connectivity index (χ2v) is 8.91. The highest BCUT2D eigenvalue weighted by atomic mass is 35.5. The summed E-state index contributed by atoms with van der Waals surface area (Å²) in [5.41, 5.74) is 3.51. The van der Waals surface area contributed by atoms with E-state index in [-0.39, 0.29) is 22.1 Å². The number of benzene rings is 2. The fourth-order valence-corrected chi connectivity index (χ4v) is 5.05. The molecule has 3 heterocycles. The highest BCUT2D eigenvalue weighted by Gasteiger charge is 2.14. The number of methoxy groups -OCH3 is 1. The molecule has 1 fully saturated rings. The Bertz CT molecular complexity index is 1370. The van der Waals surface area contributed by atoms with Crippen LogP contribution in [0.4, 0.5) is 5.69 Å². The number of anilines is 1. The number of hydrogen-bond donors (Lipinski definition) is 1. The molecule has 4 aromatic rings. The molecule has 0 unspecified atom stereocenters. The SMILES string of the molecule is COc1cc(/C=c2\sc3nc(-c4ccc(N5CCCC5)cc4)cn3c2=O)cc(Cl)c1O. The molecule has 2 aromatic carbocycles. The Kier molecular flexibility index (Phi) is 5.08. The smallest absolute Gasteiger partial charge is 0.274 e. The molecule has 6 nitrogen and oxygen atoms in total. The molecule has 158 valence electrons. The lowest BCUT2D eigenvalue weighted by atomic mass is 10.1. The molecule has 0 bridgehead atoms. The molecule has 31 heavy (non-hydrogen) atoms. The third-order valence-electron chi connectivity index (χ3n) is 5.51. The van der Waals surface area contributed by atoms with Gasteiger partial charge in [0, 0.05) is 30.5 Å². The van der Waals surface area contributed by atoms with E-state index in [9.17, 15) is 9.90 Å². The number of nitrogens with zero attached hydrogens (tertiary/aromatic N) is 3. The number of aromatic nitrogens is 2. The summed E-state index contributed by atoms with van der Waals surface area (Å²) in [5.74, 6) is 0.136. The Labute approximate surface area is 187 Å². The maximum atomic E-state index is 12.9. The van der Waals surface area contributed by atoms with E-state index in [1.807, 2.05) is 0 Å². The zero-order valence-electron chi connectivity index (χ0n) is 16.8. The van der Waals surface area contributed by atoms with E-state index < -0.39 is 0 Å². The van der Waals surface area contributed by atoms with Gasteiger partial charge in [-0.3, -0.25) is 9.20 Å². The van der Waals surface area contributed by atoms with Crippen LogP contribution in [0.1, 0.15) is 18.4 Å². The first-order valence-electron chi connectivity index (χ1n) is 9.99. The zero-order chi connectivity index (χ0) is 21.5. The summed E-state index contributed by atoms with van der Waals surface area (Å²) < 4.78 is 7.23. The molecule has 0 amide bonds. The molecule has 0 atom stereocenters. The van der Waals surface area contributed by atoms with Crippen LogP contribution >= 0.6 is 22.9 Å². The van der Waals surface area contributed by atoms with Gasteiger partial charge in [-0.05, 0) is 48.7 Å². The number of thiazole rings is 1. The number of ether oxygens (including phenoxy) is 1. The number of halogens is 1. The number of fused-ring (bicyclic) bond motifs is 1. The van der Waals surface area contributed by atoms with Gasteiger partial charge in [-0.2, -0.15) is 0 Å². The average molecular weight is 454 g/mol. The molecule has 1 N–H and O–H groups in total. The lowest BCUT2D eigenvalue weighted by Crippen LogP contribution is -2.22. The molecule has 1 aliphatic heterocycles. The van der Waals surface area contributed by atoms with Gasteiger partial charge in [0.1, 0.15) is 0 Å². The van der Waals surface area contributed by atoms with Crippen molar-refractivity contribution in [1.29, 1.82) is 0 Å². The van der Waals surface area contributed by atoms with Gasteiger partial charge < -0.3 is 14.7 Å². The fraction of sp³-hybridized carbons (Fsp3) is 0.217. The minimum Gasteiger partial charge on any atom is -0.503 e. The average Bonchev–Trinajstić information content (AvgIpc) is 3.50. The van der Waals surface area contributed by atoms with E-state index in [1.54, 1.807) is 28.8 Å². The van der Waals surface area contributed by atoms with E-state index >= 15 is 0 Å². The Morgan fingerprint density at radius 2 is 1.94 bits per heavy atom. The summed E-state index contributed by atoms with van der Waals surface area (Å²) in [6.07, 6.45) is 5.99. The molecule has 0 aliphatic carbocycles. The molecular formula is C23H20ClN3O3S. The molecule has 8 heteroatoms. The van der Waals surface area contributed by atoms with Crippen LogP contribution in [0.15, 0.2) is 47.4 Å².